The largest absolute Gasteiger partial charge is 0.505 e. The summed E-state index contributed by atoms with van der Waals surface area (Å²) in [6.07, 6.45) is -0.425. The zero-order valence-electron chi connectivity index (χ0n) is 14.8. The number of aromatic hydroxyl groups is 1. The summed E-state index contributed by atoms with van der Waals surface area (Å²) >= 11 is 11.9. The molecule has 0 radical (unpaired) electrons. The number of halogens is 2. The first-order chi connectivity index (χ1) is 12.0. The van der Waals surface area contributed by atoms with Gasteiger partial charge < -0.3 is 19.8 Å². The first kappa shape index (κ1) is 20.6. The number of rotatable bonds is 3. The number of carbonyl (C=O) groups excluding carboxylic acids is 1. The number of benzene rings is 1. The van der Waals surface area contributed by atoms with Crippen LogP contribution in [0.3, 0.4) is 0 Å². The molecule has 2 rings (SSSR count). The molecule has 2 N–H and O–H groups in total. The van der Waals surface area contributed by atoms with Crippen molar-refractivity contribution in [1.29, 1.82) is 0 Å². The molecule has 1 aliphatic heterocycles. The number of carbonyl (C=O) groups is 2. The Bertz CT molecular complexity index is 697. The van der Waals surface area contributed by atoms with E-state index in [1.54, 1.807) is 30.6 Å². The van der Waals surface area contributed by atoms with E-state index in [4.69, 9.17) is 27.9 Å². The van der Waals surface area contributed by atoms with Crippen LogP contribution in [0.25, 0.3) is 0 Å². The second-order valence-electron chi connectivity index (χ2n) is 7.04. The van der Waals surface area contributed by atoms with Gasteiger partial charge in [0.25, 0.3) is 0 Å². The van der Waals surface area contributed by atoms with Gasteiger partial charge in [0, 0.05) is 31.7 Å². The van der Waals surface area contributed by atoms with Gasteiger partial charge in [-0.2, -0.15) is 0 Å². The predicted molar refractivity (Wildman–Crippen MR) is 97.9 cm³/mol. The average molecular weight is 405 g/mol. The van der Waals surface area contributed by atoms with Crippen LogP contribution in [0, 0.1) is 0 Å². The van der Waals surface area contributed by atoms with Crippen LogP contribution >= 0.6 is 23.2 Å². The Morgan fingerprint density at radius 1 is 1.15 bits per heavy atom. The van der Waals surface area contributed by atoms with E-state index in [1.807, 2.05) is 0 Å². The monoisotopic (exact) mass is 404 g/mol. The van der Waals surface area contributed by atoms with Gasteiger partial charge in [-0.05, 0) is 26.8 Å². The Balaban J connectivity index is 2.14. The number of piperazine rings is 1. The molecule has 7 nitrogen and oxygen atoms in total. The molecule has 1 aromatic carbocycles. The van der Waals surface area contributed by atoms with Crippen molar-refractivity contribution in [3.05, 3.63) is 27.7 Å². The van der Waals surface area contributed by atoms with Crippen molar-refractivity contribution in [3.8, 4) is 5.75 Å². The molecule has 9 heteroatoms. The molecular weight excluding hydrogens is 383 g/mol. The molecule has 26 heavy (non-hydrogen) atoms. The Morgan fingerprint density at radius 3 is 2.23 bits per heavy atom. The maximum atomic E-state index is 12.1. The first-order valence-corrected chi connectivity index (χ1v) is 8.88. The second-order valence-corrected chi connectivity index (χ2v) is 7.83. The van der Waals surface area contributed by atoms with E-state index >= 15 is 0 Å². The number of ether oxygens (including phenoxy) is 1. The lowest BCUT2D eigenvalue weighted by molar-refractivity contribution is -0.144. The number of amides is 1. The zero-order valence-corrected chi connectivity index (χ0v) is 16.3. The third-order valence-corrected chi connectivity index (χ3v) is 4.66. The van der Waals surface area contributed by atoms with Crippen molar-refractivity contribution >= 4 is 35.3 Å². The standard InChI is InChI=1S/C17H22Cl2N2O5/c1-17(2,3)26-16(25)21-8-6-20(7-9-21)13(15(23)24)10-4-5-11(18)14(22)12(10)19/h4-5,13,22H,6-9H2,1-3H3,(H,23,24). The van der Waals surface area contributed by atoms with Gasteiger partial charge in [0.2, 0.25) is 0 Å². The molecule has 1 atom stereocenters. The van der Waals surface area contributed by atoms with Gasteiger partial charge in [-0.25, -0.2) is 4.79 Å². The van der Waals surface area contributed by atoms with Crippen molar-refractivity contribution in [3.63, 3.8) is 0 Å². The van der Waals surface area contributed by atoms with Crippen molar-refractivity contribution < 1.29 is 24.5 Å². The number of hydrogen-bond acceptors (Lipinski definition) is 5. The summed E-state index contributed by atoms with van der Waals surface area (Å²) in [4.78, 5) is 27.2. The maximum Gasteiger partial charge on any atom is 0.410 e. The fourth-order valence-electron chi connectivity index (χ4n) is 2.74. The molecule has 1 amide bonds. The Morgan fingerprint density at radius 2 is 1.73 bits per heavy atom. The second kappa shape index (κ2) is 7.90. The summed E-state index contributed by atoms with van der Waals surface area (Å²) in [6.45, 7) is 6.68. The molecule has 1 saturated heterocycles. The molecule has 0 saturated carbocycles. The SMILES string of the molecule is CC(C)(C)OC(=O)N1CCN(C(C(=O)O)c2ccc(Cl)c(O)c2Cl)CC1. The normalized spacial score (nSPS) is 17.0. The number of phenols is 1. The summed E-state index contributed by atoms with van der Waals surface area (Å²) in [5, 5.41) is 19.5. The topological polar surface area (TPSA) is 90.3 Å². The zero-order chi connectivity index (χ0) is 19.6. The molecule has 1 aromatic rings. The molecular formula is C17H22Cl2N2O5. The lowest BCUT2D eigenvalue weighted by Gasteiger charge is -2.38. The van der Waals surface area contributed by atoms with Gasteiger partial charge in [0.1, 0.15) is 11.6 Å². The van der Waals surface area contributed by atoms with Crippen LogP contribution in [0.5, 0.6) is 5.75 Å². The van der Waals surface area contributed by atoms with Crippen LogP contribution in [-0.2, 0) is 9.53 Å². The van der Waals surface area contributed by atoms with E-state index in [-0.39, 0.29) is 21.4 Å². The molecule has 0 spiro atoms. The highest BCUT2D eigenvalue weighted by atomic mass is 35.5. The predicted octanol–water partition coefficient (Wildman–Crippen LogP) is 3.38. The smallest absolute Gasteiger partial charge is 0.410 e. The van der Waals surface area contributed by atoms with Crippen LogP contribution in [0.4, 0.5) is 4.79 Å². The molecule has 1 aliphatic rings. The fraction of sp³-hybridized carbons (Fsp3) is 0.529. The van der Waals surface area contributed by atoms with Gasteiger partial charge in [-0.15, -0.1) is 0 Å². The Hall–Kier alpha value is -1.70. The summed E-state index contributed by atoms with van der Waals surface area (Å²) in [5.41, 5.74) is -0.335. The van der Waals surface area contributed by atoms with Crippen molar-refractivity contribution in [2.75, 3.05) is 26.2 Å². The number of aliphatic carboxylic acids is 1. The maximum absolute atomic E-state index is 12.1. The number of hydrogen-bond donors (Lipinski definition) is 2. The van der Waals surface area contributed by atoms with Crippen molar-refractivity contribution in [1.82, 2.24) is 9.80 Å². The molecule has 144 valence electrons. The average Bonchev–Trinajstić information content (AvgIpc) is 2.54. The number of phenolic OH excluding ortho intramolecular Hbond substituents is 1. The van der Waals surface area contributed by atoms with Crippen LogP contribution in [-0.4, -0.2) is 63.9 Å². The highest BCUT2D eigenvalue weighted by Gasteiger charge is 2.34. The highest BCUT2D eigenvalue weighted by molar-refractivity contribution is 6.37. The van der Waals surface area contributed by atoms with Gasteiger partial charge in [-0.1, -0.05) is 29.3 Å². The Kier molecular flexibility index (Phi) is 6.26. The van der Waals surface area contributed by atoms with Crippen molar-refractivity contribution in [2.24, 2.45) is 0 Å². The van der Waals surface area contributed by atoms with E-state index < -0.39 is 23.7 Å². The minimum atomic E-state index is -1.10. The molecule has 0 bridgehead atoms. The quantitative estimate of drug-likeness (QED) is 0.802. The number of carboxylic acid groups (broad SMARTS) is 1. The van der Waals surface area contributed by atoms with E-state index in [9.17, 15) is 19.8 Å². The molecule has 0 aliphatic carbocycles. The third kappa shape index (κ3) is 4.72. The van der Waals surface area contributed by atoms with Crippen LogP contribution < -0.4 is 0 Å². The van der Waals surface area contributed by atoms with Gasteiger partial charge in [0.15, 0.2) is 5.75 Å². The van der Waals surface area contributed by atoms with E-state index in [0.29, 0.717) is 26.2 Å². The molecule has 1 fully saturated rings. The summed E-state index contributed by atoms with van der Waals surface area (Å²) in [7, 11) is 0. The summed E-state index contributed by atoms with van der Waals surface area (Å²) in [6, 6.07) is 1.85. The van der Waals surface area contributed by atoms with Crippen LogP contribution in [0.15, 0.2) is 12.1 Å². The highest BCUT2D eigenvalue weighted by Crippen LogP contribution is 2.39. The summed E-state index contributed by atoms with van der Waals surface area (Å²) in [5.74, 6) is -1.44. The van der Waals surface area contributed by atoms with Gasteiger partial charge in [-0.3, -0.25) is 9.69 Å². The van der Waals surface area contributed by atoms with Gasteiger partial charge in [0.05, 0.1) is 10.0 Å². The minimum absolute atomic E-state index is 0.0534. The van der Waals surface area contributed by atoms with Crippen LogP contribution in [0.1, 0.15) is 32.4 Å². The molecule has 1 unspecified atom stereocenters. The molecule has 1 heterocycles. The minimum Gasteiger partial charge on any atom is -0.505 e. The van der Waals surface area contributed by atoms with E-state index in [0.717, 1.165) is 0 Å². The first-order valence-electron chi connectivity index (χ1n) is 8.13. The number of nitrogens with zero attached hydrogens (tertiary/aromatic N) is 2. The van der Waals surface area contributed by atoms with E-state index in [1.165, 1.54) is 12.1 Å². The fourth-order valence-corrected chi connectivity index (χ4v) is 3.22. The summed E-state index contributed by atoms with van der Waals surface area (Å²) < 4.78 is 5.34. The third-order valence-electron chi connectivity index (χ3n) is 3.96. The lowest BCUT2D eigenvalue weighted by atomic mass is 10.0. The number of carboxylic acids is 1. The lowest BCUT2D eigenvalue weighted by Crippen LogP contribution is -2.52. The van der Waals surface area contributed by atoms with Gasteiger partial charge >= 0.3 is 12.1 Å². The Labute approximate surface area is 162 Å². The van der Waals surface area contributed by atoms with E-state index in [2.05, 4.69) is 0 Å². The van der Waals surface area contributed by atoms with Crippen LogP contribution in [0.2, 0.25) is 10.0 Å². The van der Waals surface area contributed by atoms with Crippen molar-refractivity contribution in [2.45, 2.75) is 32.4 Å². The molecule has 0 aromatic heterocycles.